The fraction of sp³-hybridized carbons (Fsp3) is 0. The average molecular weight is 804 g/mol. The molecule has 0 N–H and O–H groups in total. The highest BCUT2D eigenvalue weighted by molar-refractivity contribution is 6.17. The molecule has 12 aromatic rings. The zero-order chi connectivity index (χ0) is 41.7. The molecule has 0 radical (unpaired) electrons. The molecule has 2 aromatic heterocycles. The van der Waals surface area contributed by atoms with Gasteiger partial charge in [-0.05, 0) is 118 Å². The molecule has 0 aliphatic rings. The molecular formula is C60H41N3. The lowest BCUT2D eigenvalue weighted by Crippen LogP contribution is -2.10. The second-order valence-electron chi connectivity index (χ2n) is 16.2. The van der Waals surface area contributed by atoms with Crippen molar-refractivity contribution in [2.45, 2.75) is 0 Å². The van der Waals surface area contributed by atoms with Gasteiger partial charge in [0.15, 0.2) is 0 Å². The Morgan fingerprint density at radius 2 is 0.762 bits per heavy atom. The van der Waals surface area contributed by atoms with Crippen LogP contribution in [0.3, 0.4) is 0 Å². The van der Waals surface area contributed by atoms with Crippen molar-refractivity contribution in [1.82, 2.24) is 9.13 Å². The quantitative estimate of drug-likeness (QED) is 0.149. The largest absolute Gasteiger partial charge is 0.310 e. The maximum Gasteiger partial charge on any atom is 0.0547 e. The van der Waals surface area contributed by atoms with Crippen LogP contribution in [0.5, 0.6) is 0 Å². The molecule has 0 spiro atoms. The summed E-state index contributed by atoms with van der Waals surface area (Å²) in [5.74, 6) is 0. The molecule has 3 nitrogen and oxygen atoms in total. The van der Waals surface area contributed by atoms with E-state index in [4.69, 9.17) is 0 Å². The van der Waals surface area contributed by atoms with Crippen LogP contribution < -0.4 is 4.90 Å². The van der Waals surface area contributed by atoms with Crippen molar-refractivity contribution >= 4 is 60.7 Å². The highest BCUT2D eigenvalue weighted by Crippen LogP contribution is 2.44. The van der Waals surface area contributed by atoms with Crippen molar-refractivity contribution in [3.63, 3.8) is 0 Å². The van der Waals surface area contributed by atoms with E-state index >= 15 is 0 Å². The summed E-state index contributed by atoms with van der Waals surface area (Å²) < 4.78 is 4.82. The van der Waals surface area contributed by atoms with E-state index in [0.29, 0.717) is 0 Å². The number of benzene rings is 10. The predicted molar refractivity (Wildman–Crippen MR) is 266 cm³/mol. The Kier molecular flexibility index (Phi) is 8.83. The van der Waals surface area contributed by atoms with Crippen LogP contribution in [0.2, 0.25) is 0 Å². The van der Waals surface area contributed by atoms with Gasteiger partial charge in [-0.15, -0.1) is 0 Å². The van der Waals surface area contributed by atoms with Crippen molar-refractivity contribution < 1.29 is 0 Å². The number of hydrogen-bond acceptors (Lipinski definition) is 1. The van der Waals surface area contributed by atoms with Crippen LogP contribution in [0, 0.1) is 0 Å². The van der Waals surface area contributed by atoms with Gasteiger partial charge in [0.2, 0.25) is 0 Å². The Balaban J connectivity index is 1.07. The second kappa shape index (κ2) is 15.3. The smallest absolute Gasteiger partial charge is 0.0547 e. The minimum atomic E-state index is 1.07. The second-order valence-corrected chi connectivity index (χ2v) is 16.2. The number of fused-ring (bicyclic) bond motifs is 6. The van der Waals surface area contributed by atoms with E-state index in [1.165, 1.54) is 71.5 Å². The molecule has 0 aliphatic heterocycles. The average Bonchev–Trinajstić information content (AvgIpc) is 3.88. The summed E-state index contributed by atoms with van der Waals surface area (Å²) in [4.78, 5) is 2.41. The molecule has 0 fully saturated rings. The Hall–Kier alpha value is -8.40. The van der Waals surface area contributed by atoms with Crippen LogP contribution in [-0.4, -0.2) is 9.13 Å². The van der Waals surface area contributed by atoms with Gasteiger partial charge in [-0.3, -0.25) is 0 Å². The SMILES string of the molecule is c1ccc(-c2cccc(N(c3ccc(-n4c5ccccc5c5ccc(-c6ccccc6)cc54)cc3)c3ccc4c(c3)c3c(-c5ccccc5)cccc3n4-c3ccccc3)c2)cc1. The summed E-state index contributed by atoms with van der Waals surface area (Å²) in [6, 6.07) is 90.1. The van der Waals surface area contributed by atoms with E-state index in [0.717, 1.165) is 34.0 Å². The molecule has 10 aromatic carbocycles. The van der Waals surface area contributed by atoms with Crippen LogP contribution in [0.4, 0.5) is 17.1 Å². The van der Waals surface area contributed by atoms with Gasteiger partial charge < -0.3 is 14.0 Å². The van der Waals surface area contributed by atoms with Gasteiger partial charge in [0.05, 0.1) is 22.1 Å². The van der Waals surface area contributed by atoms with Crippen molar-refractivity contribution in [2.24, 2.45) is 0 Å². The molecule has 0 unspecified atom stereocenters. The van der Waals surface area contributed by atoms with Gasteiger partial charge in [-0.25, -0.2) is 0 Å². The standard InChI is InChI=1S/C60H41N3/c1-5-17-42(18-6-1)45-23-15-26-50(39-45)61(48-32-34-49(35-33-48)63-56-29-14-13-27-53(56)54-37-31-46(40-59(54)63)43-19-7-2-8-20-43)51-36-38-57-55(41-51)60-52(44-21-9-3-10-22-44)28-16-30-58(60)62(57)47-24-11-4-12-25-47/h1-41H. The normalized spacial score (nSPS) is 11.5. The molecule has 296 valence electrons. The van der Waals surface area contributed by atoms with Gasteiger partial charge in [0.25, 0.3) is 0 Å². The fourth-order valence-corrected chi connectivity index (χ4v) is 9.62. The highest BCUT2D eigenvalue weighted by Gasteiger charge is 2.21. The molecule has 2 heterocycles. The minimum absolute atomic E-state index is 1.07. The van der Waals surface area contributed by atoms with Crippen LogP contribution in [0.25, 0.3) is 88.4 Å². The zero-order valence-corrected chi connectivity index (χ0v) is 34.5. The first-order valence-electron chi connectivity index (χ1n) is 21.6. The summed E-state index contributed by atoms with van der Waals surface area (Å²) in [5.41, 5.74) is 17.4. The number of hydrogen-bond donors (Lipinski definition) is 0. The van der Waals surface area contributed by atoms with Crippen LogP contribution >= 0.6 is 0 Å². The van der Waals surface area contributed by atoms with E-state index in [2.05, 4.69) is 263 Å². The molecule has 63 heavy (non-hydrogen) atoms. The Labute approximate surface area is 366 Å². The van der Waals surface area contributed by atoms with Crippen molar-refractivity contribution in [3.05, 3.63) is 249 Å². The van der Waals surface area contributed by atoms with E-state index in [-0.39, 0.29) is 0 Å². The van der Waals surface area contributed by atoms with E-state index in [1.807, 2.05) is 0 Å². The maximum absolute atomic E-state index is 2.41. The van der Waals surface area contributed by atoms with E-state index in [9.17, 15) is 0 Å². The Morgan fingerprint density at radius 3 is 1.49 bits per heavy atom. The Morgan fingerprint density at radius 1 is 0.254 bits per heavy atom. The van der Waals surface area contributed by atoms with Crippen LogP contribution in [0.1, 0.15) is 0 Å². The monoisotopic (exact) mass is 803 g/mol. The summed E-state index contributed by atoms with van der Waals surface area (Å²) in [7, 11) is 0. The molecule has 0 aliphatic carbocycles. The fourth-order valence-electron chi connectivity index (χ4n) is 9.62. The van der Waals surface area contributed by atoms with Gasteiger partial charge in [0, 0.05) is 50.0 Å². The molecule has 0 amide bonds. The first-order valence-corrected chi connectivity index (χ1v) is 21.6. The molecule has 3 heteroatoms. The molecular weight excluding hydrogens is 763 g/mol. The topological polar surface area (TPSA) is 13.1 Å². The molecule has 0 bridgehead atoms. The summed E-state index contributed by atoms with van der Waals surface area (Å²) in [6.45, 7) is 0. The predicted octanol–water partition coefficient (Wildman–Crippen LogP) is 16.4. The molecule has 0 atom stereocenters. The van der Waals surface area contributed by atoms with Crippen molar-refractivity contribution in [2.75, 3.05) is 4.90 Å². The third-order valence-corrected chi connectivity index (χ3v) is 12.5. The van der Waals surface area contributed by atoms with Crippen LogP contribution in [-0.2, 0) is 0 Å². The van der Waals surface area contributed by atoms with Crippen LogP contribution in [0.15, 0.2) is 249 Å². The molecule has 0 saturated carbocycles. The maximum atomic E-state index is 2.41. The summed E-state index contributed by atoms with van der Waals surface area (Å²) >= 11 is 0. The van der Waals surface area contributed by atoms with Gasteiger partial charge in [0.1, 0.15) is 0 Å². The first kappa shape index (κ1) is 36.5. The lowest BCUT2D eigenvalue weighted by molar-refractivity contribution is 1.17. The number of rotatable bonds is 8. The zero-order valence-electron chi connectivity index (χ0n) is 34.5. The van der Waals surface area contributed by atoms with Crippen molar-refractivity contribution in [1.29, 1.82) is 0 Å². The lowest BCUT2D eigenvalue weighted by Gasteiger charge is -2.26. The molecule has 12 rings (SSSR count). The van der Waals surface area contributed by atoms with Gasteiger partial charge in [-0.1, -0.05) is 164 Å². The van der Waals surface area contributed by atoms with E-state index < -0.39 is 0 Å². The minimum Gasteiger partial charge on any atom is -0.310 e. The first-order chi connectivity index (χ1) is 31.3. The van der Waals surface area contributed by atoms with Gasteiger partial charge >= 0.3 is 0 Å². The van der Waals surface area contributed by atoms with E-state index in [1.54, 1.807) is 0 Å². The van der Waals surface area contributed by atoms with Crippen molar-refractivity contribution in [3.8, 4) is 44.8 Å². The third kappa shape index (κ3) is 6.29. The number of anilines is 3. The summed E-state index contributed by atoms with van der Waals surface area (Å²) in [6.07, 6.45) is 0. The third-order valence-electron chi connectivity index (χ3n) is 12.5. The Bertz CT molecular complexity index is 3590. The number of aromatic nitrogens is 2. The number of nitrogens with zero attached hydrogens (tertiary/aromatic N) is 3. The summed E-state index contributed by atoms with van der Waals surface area (Å²) in [5, 5.41) is 4.92. The highest BCUT2D eigenvalue weighted by atomic mass is 15.1. The molecule has 0 saturated heterocycles. The van der Waals surface area contributed by atoms with Gasteiger partial charge in [-0.2, -0.15) is 0 Å². The number of para-hydroxylation sites is 2. The lowest BCUT2D eigenvalue weighted by atomic mass is 9.99.